The van der Waals surface area contributed by atoms with E-state index in [1.807, 2.05) is 0 Å². The van der Waals surface area contributed by atoms with E-state index in [9.17, 15) is 0 Å². The van der Waals surface area contributed by atoms with E-state index in [0.717, 1.165) is 18.8 Å². The predicted molar refractivity (Wildman–Crippen MR) is 63.6 cm³/mol. The standard InChI is InChI=1S/C14H20O/c1-9(2)12-5-6-15-14-8-11(4)10(3)7-13(12)14/h7-9,12H,5-6H2,1-4H3. The first kappa shape index (κ1) is 10.5. The van der Waals surface area contributed by atoms with Crippen molar-refractivity contribution in [3.05, 3.63) is 28.8 Å². The minimum Gasteiger partial charge on any atom is -0.493 e. The molecule has 0 aliphatic carbocycles. The molecule has 0 saturated carbocycles. The van der Waals surface area contributed by atoms with Crippen molar-refractivity contribution in [2.24, 2.45) is 5.92 Å². The summed E-state index contributed by atoms with van der Waals surface area (Å²) >= 11 is 0. The Balaban J connectivity index is 2.47. The van der Waals surface area contributed by atoms with E-state index < -0.39 is 0 Å². The molecule has 1 aliphatic rings. The first-order valence-electron chi connectivity index (χ1n) is 5.83. The van der Waals surface area contributed by atoms with Crippen molar-refractivity contribution in [3.8, 4) is 5.75 Å². The number of fused-ring (bicyclic) bond motifs is 1. The Morgan fingerprint density at radius 2 is 1.87 bits per heavy atom. The van der Waals surface area contributed by atoms with E-state index in [2.05, 4.69) is 39.8 Å². The van der Waals surface area contributed by atoms with Gasteiger partial charge in [-0.25, -0.2) is 0 Å². The van der Waals surface area contributed by atoms with Gasteiger partial charge in [0.05, 0.1) is 6.61 Å². The lowest BCUT2D eigenvalue weighted by atomic mass is 9.83. The molecule has 15 heavy (non-hydrogen) atoms. The number of rotatable bonds is 1. The van der Waals surface area contributed by atoms with E-state index in [1.54, 1.807) is 0 Å². The Labute approximate surface area is 92.5 Å². The van der Waals surface area contributed by atoms with Crippen LogP contribution in [0, 0.1) is 19.8 Å². The highest BCUT2D eigenvalue weighted by Crippen LogP contribution is 2.39. The minimum atomic E-state index is 0.674. The lowest BCUT2D eigenvalue weighted by molar-refractivity contribution is 0.247. The number of aryl methyl sites for hydroxylation is 2. The average Bonchev–Trinajstić information content (AvgIpc) is 2.18. The maximum absolute atomic E-state index is 5.74. The van der Waals surface area contributed by atoms with Gasteiger partial charge in [0.1, 0.15) is 5.75 Å². The van der Waals surface area contributed by atoms with Gasteiger partial charge >= 0.3 is 0 Å². The molecule has 0 spiro atoms. The monoisotopic (exact) mass is 204 g/mol. The van der Waals surface area contributed by atoms with Crippen LogP contribution in [-0.2, 0) is 0 Å². The molecule has 1 heterocycles. The molecule has 1 aromatic rings. The molecule has 0 bridgehead atoms. The summed E-state index contributed by atoms with van der Waals surface area (Å²) < 4.78 is 5.74. The van der Waals surface area contributed by atoms with E-state index in [1.165, 1.54) is 16.7 Å². The minimum absolute atomic E-state index is 0.674. The van der Waals surface area contributed by atoms with Crippen LogP contribution in [0.3, 0.4) is 0 Å². The molecule has 1 nitrogen and oxygen atoms in total. The fourth-order valence-corrected chi connectivity index (χ4v) is 2.37. The summed E-state index contributed by atoms with van der Waals surface area (Å²) in [6.07, 6.45) is 1.16. The Kier molecular flexibility index (Phi) is 2.72. The molecule has 2 rings (SSSR count). The highest BCUT2D eigenvalue weighted by molar-refractivity contribution is 5.44. The van der Waals surface area contributed by atoms with Gasteiger partial charge in [-0.1, -0.05) is 19.9 Å². The van der Waals surface area contributed by atoms with Gasteiger partial charge in [-0.2, -0.15) is 0 Å². The topological polar surface area (TPSA) is 9.23 Å². The zero-order valence-electron chi connectivity index (χ0n) is 10.1. The van der Waals surface area contributed by atoms with Gasteiger partial charge in [-0.3, -0.25) is 0 Å². The van der Waals surface area contributed by atoms with Crippen LogP contribution < -0.4 is 4.74 Å². The molecule has 82 valence electrons. The van der Waals surface area contributed by atoms with Gasteiger partial charge in [-0.05, 0) is 54.9 Å². The summed E-state index contributed by atoms with van der Waals surface area (Å²) in [5.41, 5.74) is 4.13. The van der Waals surface area contributed by atoms with Crippen molar-refractivity contribution in [1.29, 1.82) is 0 Å². The van der Waals surface area contributed by atoms with Gasteiger partial charge in [-0.15, -0.1) is 0 Å². The van der Waals surface area contributed by atoms with Crippen LogP contribution in [0.15, 0.2) is 12.1 Å². The van der Waals surface area contributed by atoms with Crippen molar-refractivity contribution >= 4 is 0 Å². The van der Waals surface area contributed by atoms with Crippen molar-refractivity contribution < 1.29 is 4.74 Å². The fourth-order valence-electron chi connectivity index (χ4n) is 2.37. The molecule has 0 N–H and O–H groups in total. The largest absolute Gasteiger partial charge is 0.493 e. The summed E-state index contributed by atoms with van der Waals surface area (Å²) in [7, 11) is 0. The van der Waals surface area contributed by atoms with Gasteiger partial charge in [0.15, 0.2) is 0 Å². The third-order valence-electron chi connectivity index (χ3n) is 3.52. The summed E-state index contributed by atoms with van der Waals surface area (Å²) in [6.45, 7) is 9.81. The van der Waals surface area contributed by atoms with E-state index in [0.29, 0.717) is 11.8 Å². The molecule has 1 heteroatoms. The molecule has 0 fully saturated rings. The second-order valence-corrected chi connectivity index (χ2v) is 4.96. The van der Waals surface area contributed by atoms with Gasteiger partial charge < -0.3 is 4.74 Å². The van der Waals surface area contributed by atoms with Crippen LogP contribution in [0.4, 0.5) is 0 Å². The first-order chi connectivity index (χ1) is 7.09. The number of benzene rings is 1. The van der Waals surface area contributed by atoms with Crippen LogP contribution >= 0.6 is 0 Å². The zero-order valence-corrected chi connectivity index (χ0v) is 10.1. The average molecular weight is 204 g/mol. The molecule has 1 aliphatic heterocycles. The second kappa shape index (κ2) is 3.88. The Morgan fingerprint density at radius 1 is 1.20 bits per heavy atom. The number of hydrogen-bond donors (Lipinski definition) is 0. The van der Waals surface area contributed by atoms with Crippen LogP contribution in [0.5, 0.6) is 5.75 Å². The molecule has 1 unspecified atom stereocenters. The Bertz CT molecular complexity index is 366. The van der Waals surface area contributed by atoms with Crippen LogP contribution in [0.2, 0.25) is 0 Å². The van der Waals surface area contributed by atoms with Crippen molar-refractivity contribution in [1.82, 2.24) is 0 Å². The molecule has 1 aromatic carbocycles. The molecular formula is C14H20O. The third-order valence-corrected chi connectivity index (χ3v) is 3.52. The molecule has 1 atom stereocenters. The SMILES string of the molecule is Cc1cc2c(cc1C)C(C(C)C)CCO2. The number of hydrogen-bond acceptors (Lipinski definition) is 1. The van der Waals surface area contributed by atoms with Crippen molar-refractivity contribution in [2.45, 2.75) is 40.0 Å². The lowest BCUT2D eigenvalue weighted by Crippen LogP contribution is -2.18. The maximum Gasteiger partial charge on any atom is 0.123 e. The maximum atomic E-state index is 5.74. The van der Waals surface area contributed by atoms with Crippen LogP contribution in [-0.4, -0.2) is 6.61 Å². The number of ether oxygens (including phenoxy) is 1. The predicted octanol–water partition coefficient (Wildman–Crippen LogP) is 3.83. The quantitative estimate of drug-likeness (QED) is 0.675. The molecule has 0 saturated heterocycles. The van der Waals surface area contributed by atoms with Crippen LogP contribution in [0.25, 0.3) is 0 Å². The molecule has 0 radical (unpaired) electrons. The smallest absolute Gasteiger partial charge is 0.123 e. The van der Waals surface area contributed by atoms with Crippen LogP contribution in [0.1, 0.15) is 42.9 Å². The summed E-state index contributed by atoms with van der Waals surface area (Å²) in [5, 5.41) is 0. The first-order valence-corrected chi connectivity index (χ1v) is 5.83. The molecule has 0 aromatic heterocycles. The van der Waals surface area contributed by atoms with E-state index in [4.69, 9.17) is 4.74 Å². The summed E-state index contributed by atoms with van der Waals surface area (Å²) in [6, 6.07) is 4.51. The Hall–Kier alpha value is -0.980. The van der Waals surface area contributed by atoms with Crippen molar-refractivity contribution in [2.75, 3.05) is 6.61 Å². The lowest BCUT2D eigenvalue weighted by Gasteiger charge is -2.29. The van der Waals surface area contributed by atoms with E-state index in [-0.39, 0.29) is 0 Å². The third kappa shape index (κ3) is 1.88. The zero-order chi connectivity index (χ0) is 11.0. The molecule has 0 amide bonds. The van der Waals surface area contributed by atoms with E-state index >= 15 is 0 Å². The second-order valence-electron chi connectivity index (χ2n) is 4.96. The fraction of sp³-hybridized carbons (Fsp3) is 0.571. The van der Waals surface area contributed by atoms with Crippen molar-refractivity contribution in [3.63, 3.8) is 0 Å². The normalized spacial score (nSPS) is 19.9. The summed E-state index contributed by atoms with van der Waals surface area (Å²) in [5.74, 6) is 2.49. The molecular weight excluding hydrogens is 184 g/mol. The highest BCUT2D eigenvalue weighted by Gasteiger charge is 2.24. The summed E-state index contributed by atoms with van der Waals surface area (Å²) in [4.78, 5) is 0. The highest BCUT2D eigenvalue weighted by atomic mass is 16.5. The van der Waals surface area contributed by atoms with Gasteiger partial charge in [0, 0.05) is 0 Å². The Morgan fingerprint density at radius 3 is 2.53 bits per heavy atom. The van der Waals surface area contributed by atoms with Gasteiger partial charge in [0.25, 0.3) is 0 Å². The van der Waals surface area contributed by atoms with Gasteiger partial charge in [0.2, 0.25) is 0 Å².